The van der Waals surface area contributed by atoms with Crippen LogP contribution in [0, 0.1) is 0 Å². The Morgan fingerprint density at radius 1 is 1.44 bits per heavy atom. The summed E-state index contributed by atoms with van der Waals surface area (Å²) in [6.07, 6.45) is 0.643. The fourth-order valence-electron chi connectivity index (χ4n) is 1.18. The third kappa shape index (κ3) is 3.96. The summed E-state index contributed by atoms with van der Waals surface area (Å²) in [6.45, 7) is 4.04. The average Bonchev–Trinajstić information content (AvgIpc) is 2.36. The molecule has 0 aliphatic carbocycles. The second kappa shape index (κ2) is 5.77. The highest BCUT2D eigenvalue weighted by molar-refractivity contribution is 5.91. The summed E-state index contributed by atoms with van der Waals surface area (Å²) in [5, 5.41) is 20.6. The van der Waals surface area contributed by atoms with Crippen LogP contribution in [-0.2, 0) is 0 Å². The van der Waals surface area contributed by atoms with Crippen LogP contribution in [0.2, 0.25) is 0 Å². The van der Waals surface area contributed by atoms with Gasteiger partial charge in [-0.25, -0.2) is 0 Å². The Morgan fingerprint density at radius 3 is 2.56 bits per heavy atom. The molecule has 6 nitrogen and oxygen atoms in total. The molecule has 1 aromatic heterocycles. The Balaban J connectivity index is 2.64. The fourth-order valence-corrected chi connectivity index (χ4v) is 1.18. The summed E-state index contributed by atoms with van der Waals surface area (Å²) in [4.78, 5) is 13.0. The lowest BCUT2D eigenvalue weighted by atomic mass is 10.0. The minimum absolute atomic E-state index is 0.186. The van der Waals surface area contributed by atoms with Crippen LogP contribution in [0.1, 0.15) is 30.8 Å². The molecule has 0 aromatic carbocycles. The Bertz CT molecular complexity index is 401. The lowest BCUT2D eigenvalue weighted by Crippen LogP contribution is -2.32. The van der Waals surface area contributed by atoms with Crippen LogP contribution in [0.15, 0.2) is 12.1 Å². The van der Waals surface area contributed by atoms with Crippen molar-refractivity contribution in [3.05, 3.63) is 17.8 Å². The molecule has 0 aliphatic rings. The van der Waals surface area contributed by atoms with Crippen LogP contribution in [0.5, 0.6) is 0 Å². The molecule has 1 amide bonds. The van der Waals surface area contributed by atoms with Crippen LogP contribution in [0.4, 0.5) is 5.82 Å². The summed E-state index contributed by atoms with van der Waals surface area (Å²) in [6, 6.07) is 3.29. The highest BCUT2D eigenvalue weighted by atomic mass is 16.3. The lowest BCUT2D eigenvalue weighted by Gasteiger charge is -2.21. The molecule has 0 radical (unpaired) electrons. The fraction of sp³-hybridized carbons (Fsp3) is 0.583. The molecule has 0 saturated carbocycles. The van der Waals surface area contributed by atoms with Gasteiger partial charge in [0.05, 0.1) is 5.60 Å². The molecular weight excluding hydrogens is 232 g/mol. The smallest absolute Gasteiger partial charge is 0.273 e. The van der Waals surface area contributed by atoms with E-state index in [4.69, 9.17) is 0 Å². The molecule has 1 unspecified atom stereocenters. The standard InChI is InChI=1S/C12H20N4O2/c1-5-12(2,18)8-13-10-7-6-9(14-15-10)11(17)16(3)4/h6-7,18H,5,8H2,1-4H3,(H,13,15). The van der Waals surface area contributed by atoms with E-state index in [0.29, 0.717) is 24.5 Å². The van der Waals surface area contributed by atoms with Crippen molar-refractivity contribution in [1.82, 2.24) is 15.1 Å². The molecule has 2 N–H and O–H groups in total. The summed E-state index contributed by atoms with van der Waals surface area (Å²) in [7, 11) is 3.32. The summed E-state index contributed by atoms with van der Waals surface area (Å²) in [5.74, 6) is 0.355. The molecular formula is C12H20N4O2. The van der Waals surface area contributed by atoms with Crippen molar-refractivity contribution in [3.8, 4) is 0 Å². The first-order valence-corrected chi connectivity index (χ1v) is 5.87. The maximum absolute atomic E-state index is 11.6. The Morgan fingerprint density at radius 2 is 2.11 bits per heavy atom. The maximum atomic E-state index is 11.6. The first kappa shape index (κ1) is 14.4. The zero-order chi connectivity index (χ0) is 13.8. The summed E-state index contributed by atoms with van der Waals surface area (Å²) in [5.41, 5.74) is -0.479. The van der Waals surface area contributed by atoms with Crippen molar-refractivity contribution in [1.29, 1.82) is 0 Å². The van der Waals surface area contributed by atoms with E-state index in [2.05, 4.69) is 15.5 Å². The third-order valence-electron chi connectivity index (χ3n) is 2.70. The molecule has 100 valence electrons. The highest BCUT2D eigenvalue weighted by Crippen LogP contribution is 2.10. The Kier molecular flexibility index (Phi) is 4.61. The molecule has 0 aliphatic heterocycles. The predicted octanol–water partition coefficient (Wildman–Crippen LogP) is 0.751. The normalized spacial score (nSPS) is 13.8. The van der Waals surface area contributed by atoms with Crippen molar-refractivity contribution in [2.24, 2.45) is 0 Å². The minimum atomic E-state index is -0.778. The number of carbonyl (C=O) groups is 1. The van der Waals surface area contributed by atoms with E-state index in [1.807, 2.05) is 6.92 Å². The van der Waals surface area contributed by atoms with E-state index in [1.165, 1.54) is 4.90 Å². The van der Waals surface area contributed by atoms with Crippen LogP contribution in [-0.4, -0.2) is 52.4 Å². The molecule has 0 saturated heterocycles. The Labute approximate surface area is 107 Å². The number of carbonyl (C=O) groups excluding carboxylic acids is 1. The monoisotopic (exact) mass is 252 g/mol. The van der Waals surface area contributed by atoms with Crippen molar-refractivity contribution in [2.75, 3.05) is 26.0 Å². The molecule has 0 spiro atoms. The number of nitrogens with zero attached hydrogens (tertiary/aromatic N) is 3. The number of nitrogens with one attached hydrogen (secondary N) is 1. The molecule has 6 heteroatoms. The first-order chi connectivity index (χ1) is 8.35. The van der Waals surface area contributed by atoms with Gasteiger partial charge in [-0.1, -0.05) is 6.92 Å². The van der Waals surface area contributed by atoms with Crippen LogP contribution in [0.25, 0.3) is 0 Å². The number of aliphatic hydroxyl groups is 1. The van der Waals surface area contributed by atoms with Gasteiger partial charge < -0.3 is 15.3 Å². The number of hydrogen-bond donors (Lipinski definition) is 2. The van der Waals surface area contributed by atoms with Gasteiger partial charge >= 0.3 is 0 Å². The van der Waals surface area contributed by atoms with Gasteiger partial charge in [0.1, 0.15) is 5.82 Å². The average molecular weight is 252 g/mol. The van der Waals surface area contributed by atoms with Crippen LogP contribution in [0.3, 0.4) is 0 Å². The van der Waals surface area contributed by atoms with Gasteiger partial charge in [-0.2, -0.15) is 0 Å². The van der Waals surface area contributed by atoms with E-state index in [0.717, 1.165) is 0 Å². The summed E-state index contributed by atoms with van der Waals surface area (Å²) >= 11 is 0. The number of amides is 1. The largest absolute Gasteiger partial charge is 0.388 e. The first-order valence-electron chi connectivity index (χ1n) is 5.87. The van der Waals surface area contributed by atoms with Crippen molar-refractivity contribution in [2.45, 2.75) is 25.9 Å². The van der Waals surface area contributed by atoms with Crippen LogP contribution < -0.4 is 5.32 Å². The zero-order valence-corrected chi connectivity index (χ0v) is 11.3. The molecule has 1 heterocycles. The van der Waals surface area contributed by atoms with E-state index in [9.17, 15) is 9.90 Å². The topological polar surface area (TPSA) is 78.4 Å². The number of hydrogen-bond acceptors (Lipinski definition) is 5. The van der Waals surface area contributed by atoms with E-state index < -0.39 is 5.60 Å². The van der Waals surface area contributed by atoms with Gasteiger partial charge in [0.25, 0.3) is 5.91 Å². The van der Waals surface area contributed by atoms with Gasteiger partial charge in [-0.05, 0) is 25.5 Å². The molecule has 18 heavy (non-hydrogen) atoms. The highest BCUT2D eigenvalue weighted by Gasteiger charge is 2.17. The zero-order valence-electron chi connectivity index (χ0n) is 11.3. The second-order valence-corrected chi connectivity index (χ2v) is 4.71. The lowest BCUT2D eigenvalue weighted by molar-refractivity contribution is 0.0696. The second-order valence-electron chi connectivity index (χ2n) is 4.71. The van der Waals surface area contributed by atoms with Gasteiger partial charge in [0.2, 0.25) is 0 Å². The Hall–Kier alpha value is -1.69. The number of aromatic nitrogens is 2. The molecule has 1 rings (SSSR count). The van der Waals surface area contributed by atoms with Crippen LogP contribution >= 0.6 is 0 Å². The van der Waals surface area contributed by atoms with Crippen molar-refractivity contribution in [3.63, 3.8) is 0 Å². The van der Waals surface area contributed by atoms with E-state index in [1.54, 1.807) is 33.2 Å². The predicted molar refractivity (Wildman–Crippen MR) is 69.5 cm³/mol. The van der Waals surface area contributed by atoms with Crippen molar-refractivity contribution >= 4 is 11.7 Å². The minimum Gasteiger partial charge on any atom is -0.388 e. The van der Waals surface area contributed by atoms with Crippen molar-refractivity contribution < 1.29 is 9.90 Å². The quantitative estimate of drug-likeness (QED) is 0.808. The molecule has 0 fully saturated rings. The van der Waals surface area contributed by atoms with E-state index >= 15 is 0 Å². The van der Waals surface area contributed by atoms with E-state index in [-0.39, 0.29) is 5.91 Å². The molecule has 1 atom stereocenters. The SMILES string of the molecule is CCC(C)(O)CNc1ccc(C(=O)N(C)C)nn1. The maximum Gasteiger partial charge on any atom is 0.273 e. The number of anilines is 1. The number of rotatable bonds is 5. The van der Waals surface area contributed by atoms with Gasteiger partial charge in [-0.3, -0.25) is 4.79 Å². The summed E-state index contributed by atoms with van der Waals surface area (Å²) < 4.78 is 0. The molecule has 0 bridgehead atoms. The van der Waals surface area contributed by atoms with Gasteiger partial charge in [-0.15, -0.1) is 10.2 Å². The van der Waals surface area contributed by atoms with Gasteiger partial charge in [0.15, 0.2) is 5.69 Å². The third-order valence-corrected chi connectivity index (χ3v) is 2.70. The molecule has 1 aromatic rings. The van der Waals surface area contributed by atoms with Gasteiger partial charge in [0, 0.05) is 20.6 Å².